The fraction of sp³-hybridized carbons (Fsp3) is 0.286. The lowest BCUT2D eigenvalue weighted by atomic mass is 9.90. The number of pyridine rings is 1. The molecular formula is C14H13N5O2. The van der Waals surface area contributed by atoms with Crippen LogP contribution in [0.3, 0.4) is 0 Å². The Kier molecular flexibility index (Phi) is 2.38. The molecule has 1 aliphatic carbocycles. The number of carbonyl (C=O) groups excluding carboxylic acids is 2. The van der Waals surface area contributed by atoms with E-state index in [1.165, 1.54) is 0 Å². The first kappa shape index (κ1) is 12.1. The van der Waals surface area contributed by atoms with Crippen LogP contribution in [0.2, 0.25) is 0 Å². The molecule has 0 saturated heterocycles. The van der Waals surface area contributed by atoms with Crippen LogP contribution in [0.1, 0.15) is 21.6 Å². The number of nitrogens with one attached hydrogen (secondary N) is 1. The third-order valence-electron chi connectivity index (χ3n) is 4.07. The van der Waals surface area contributed by atoms with E-state index in [9.17, 15) is 9.59 Å². The normalized spacial score (nSPS) is 19.2. The zero-order chi connectivity index (χ0) is 14.6. The average Bonchev–Trinajstić information content (AvgIpc) is 2.86. The summed E-state index contributed by atoms with van der Waals surface area (Å²) in [4.78, 5) is 27.7. The number of carbonyl (C=O) groups is 2. The summed E-state index contributed by atoms with van der Waals surface area (Å²) in [7, 11) is 0. The maximum atomic E-state index is 12.3. The van der Waals surface area contributed by atoms with E-state index >= 15 is 0 Å². The van der Waals surface area contributed by atoms with E-state index in [1.54, 1.807) is 10.9 Å². The van der Waals surface area contributed by atoms with Gasteiger partial charge in [0.1, 0.15) is 11.7 Å². The summed E-state index contributed by atoms with van der Waals surface area (Å²) in [6, 6.07) is 1.21. The summed E-state index contributed by atoms with van der Waals surface area (Å²) in [5, 5.41) is 7.18. The highest BCUT2D eigenvalue weighted by Gasteiger charge is 2.34. The molecule has 0 aromatic carbocycles. The first-order valence-electron chi connectivity index (χ1n) is 6.78. The Labute approximate surface area is 120 Å². The van der Waals surface area contributed by atoms with Crippen molar-refractivity contribution in [3.05, 3.63) is 35.3 Å². The first-order valence-corrected chi connectivity index (χ1v) is 6.78. The molecule has 1 unspecified atom stereocenters. The molecule has 3 N–H and O–H groups in total. The molecule has 2 aromatic heterocycles. The Morgan fingerprint density at radius 1 is 1.43 bits per heavy atom. The molecule has 2 aromatic rings. The molecule has 0 bridgehead atoms. The number of aromatic nitrogens is 3. The van der Waals surface area contributed by atoms with E-state index in [4.69, 9.17) is 5.73 Å². The Bertz CT molecular complexity index is 780. The van der Waals surface area contributed by atoms with Crippen LogP contribution >= 0.6 is 0 Å². The Morgan fingerprint density at radius 3 is 3.10 bits per heavy atom. The summed E-state index contributed by atoms with van der Waals surface area (Å²) in [5.74, 6) is -0.830. The second kappa shape index (κ2) is 4.15. The summed E-state index contributed by atoms with van der Waals surface area (Å²) in [6.07, 6.45) is 5.14. The summed E-state index contributed by atoms with van der Waals surface area (Å²) in [5.41, 5.74) is 9.72. The van der Waals surface area contributed by atoms with Gasteiger partial charge in [0.2, 0.25) is 5.91 Å². The van der Waals surface area contributed by atoms with Crippen LogP contribution in [0.5, 0.6) is 0 Å². The standard InChI is InChI=1S/C14H13N5O2/c15-13(20)10-6-19-12(14(21)17-10)9-2-1-7-5-16-4-3-8(7)11(9)18-19/h3-5,10H,1-2,6H2,(H2,15,20)(H,17,21). The molecule has 0 fully saturated rings. The number of fused-ring (bicyclic) bond motifs is 5. The van der Waals surface area contributed by atoms with Crippen LogP contribution in [0.4, 0.5) is 0 Å². The molecule has 3 heterocycles. The average molecular weight is 283 g/mol. The molecule has 4 rings (SSSR count). The minimum atomic E-state index is -0.705. The maximum Gasteiger partial charge on any atom is 0.270 e. The van der Waals surface area contributed by atoms with Crippen molar-refractivity contribution < 1.29 is 9.59 Å². The van der Waals surface area contributed by atoms with E-state index in [-0.39, 0.29) is 12.5 Å². The minimum absolute atomic E-state index is 0.281. The SMILES string of the molecule is NC(=O)C1Cn2nc3c(c2C(=O)N1)CCc1cnccc1-3. The molecule has 0 saturated carbocycles. The van der Waals surface area contributed by atoms with Crippen molar-refractivity contribution in [3.63, 3.8) is 0 Å². The first-order chi connectivity index (χ1) is 10.1. The molecule has 0 radical (unpaired) electrons. The van der Waals surface area contributed by atoms with Crippen LogP contribution in [0.15, 0.2) is 18.5 Å². The molecule has 1 atom stereocenters. The van der Waals surface area contributed by atoms with Crippen molar-refractivity contribution in [3.8, 4) is 11.3 Å². The molecule has 7 nitrogen and oxygen atoms in total. The molecule has 0 spiro atoms. The van der Waals surface area contributed by atoms with Crippen LogP contribution in [0.25, 0.3) is 11.3 Å². The third-order valence-corrected chi connectivity index (χ3v) is 4.07. The van der Waals surface area contributed by atoms with Crippen molar-refractivity contribution in [1.29, 1.82) is 0 Å². The van der Waals surface area contributed by atoms with Gasteiger partial charge in [-0.2, -0.15) is 5.10 Å². The van der Waals surface area contributed by atoms with Crippen LogP contribution in [0, 0.1) is 0 Å². The second-order valence-corrected chi connectivity index (χ2v) is 5.32. The number of hydrogen-bond acceptors (Lipinski definition) is 4. The lowest BCUT2D eigenvalue weighted by Gasteiger charge is -2.22. The molecule has 7 heteroatoms. The zero-order valence-corrected chi connectivity index (χ0v) is 11.2. The van der Waals surface area contributed by atoms with Crippen molar-refractivity contribution in [1.82, 2.24) is 20.1 Å². The molecule has 1 aliphatic heterocycles. The van der Waals surface area contributed by atoms with E-state index < -0.39 is 11.9 Å². The molecule has 106 valence electrons. The highest BCUT2D eigenvalue weighted by molar-refractivity contribution is 6.00. The number of hydrogen-bond donors (Lipinski definition) is 2. The Hall–Kier alpha value is -2.70. The van der Waals surface area contributed by atoms with Gasteiger partial charge in [-0.25, -0.2) is 0 Å². The largest absolute Gasteiger partial charge is 0.368 e. The summed E-state index contributed by atoms with van der Waals surface area (Å²) in [6.45, 7) is 0.282. The highest BCUT2D eigenvalue weighted by Crippen LogP contribution is 2.34. The van der Waals surface area contributed by atoms with Gasteiger partial charge in [-0.15, -0.1) is 0 Å². The molecule has 2 amide bonds. The second-order valence-electron chi connectivity index (χ2n) is 5.32. The predicted octanol–water partition coefficient (Wildman–Crippen LogP) is -0.359. The fourth-order valence-corrected chi connectivity index (χ4v) is 3.06. The molecule has 21 heavy (non-hydrogen) atoms. The summed E-state index contributed by atoms with van der Waals surface area (Å²) >= 11 is 0. The van der Waals surface area contributed by atoms with Crippen LogP contribution < -0.4 is 11.1 Å². The topological polar surface area (TPSA) is 103 Å². The fourth-order valence-electron chi connectivity index (χ4n) is 3.06. The van der Waals surface area contributed by atoms with E-state index in [2.05, 4.69) is 15.4 Å². The van der Waals surface area contributed by atoms with Gasteiger partial charge in [0, 0.05) is 23.5 Å². The quantitative estimate of drug-likeness (QED) is 0.746. The van der Waals surface area contributed by atoms with Gasteiger partial charge in [-0.3, -0.25) is 19.3 Å². The number of nitrogens with zero attached hydrogens (tertiary/aromatic N) is 3. The van der Waals surface area contributed by atoms with Crippen molar-refractivity contribution >= 4 is 11.8 Å². The number of amides is 2. The van der Waals surface area contributed by atoms with Gasteiger partial charge in [0.05, 0.1) is 12.2 Å². The number of aryl methyl sites for hydroxylation is 1. The van der Waals surface area contributed by atoms with Gasteiger partial charge in [0.25, 0.3) is 5.91 Å². The Balaban J connectivity index is 1.88. The van der Waals surface area contributed by atoms with E-state index in [0.29, 0.717) is 5.69 Å². The maximum absolute atomic E-state index is 12.3. The summed E-state index contributed by atoms with van der Waals surface area (Å²) < 4.78 is 1.61. The zero-order valence-electron chi connectivity index (χ0n) is 11.2. The van der Waals surface area contributed by atoms with Crippen LogP contribution in [-0.2, 0) is 24.2 Å². The predicted molar refractivity (Wildman–Crippen MR) is 73.3 cm³/mol. The third kappa shape index (κ3) is 1.67. The molecule has 2 aliphatic rings. The Morgan fingerprint density at radius 2 is 2.29 bits per heavy atom. The number of rotatable bonds is 1. The van der Waals surface area contributed by atoms with E-state index in [0.717, 1.165) is 35.2 Å². The monoisotopic (exact) mass is 283 g/mol. The van der Waals surface area contributed by atoms with Crippen LogP contribution in [-0.4, -0.2) is 32.6 Å². The van der Waals surface area contributed by atoms with Gasteiger partial charge in [-0.1, -0.05) is 0 Å². The number of primary amides is 1. The lowest BCUT2D eigenvalue weighted by Crippen LogP contribution is -2.51. The molecular weight excluding hydrogens is 270 g/mol. The smallest absolute Gasteiger partial charge is 0.270 e. The van der Waals surface area contributed by atoms with E-state index in [1.807, 2.05) is 12.3 Å². The number of nitrogens with two attached hydrogens (primary N) is 1. The van der Waals surface area contributed by atoms with Crippen molar-refractivity contribution in [2.75, 3.05) is 0 Å². The van der Waals surface area contributed by atoms with Gasteiger partial charge in [0.15, 0.2) is 0 Å². The van der Waals surface area contributed by atoms with Gasteiger partial charge in [-0.05, 0) is 24.5 Å². The van der Waals surface area contributed by atoms with Crippen molar-refractivity contribution in [2.45, 2.75) is 25.4 Å². The highest BCUT2D eigenvalue weighted by atomic mass is 16.2. The minimum Gasteiger partial charge on any atom is -0.368 e. The lowest BCUT2D eigenvalue weighted by molar-refractivity contribution is -0.120. The van der Waals surface area contributed by atoms with Crippen molar-refractivity contribution in [2.24, 2.45) is 5.73 Å². The van der Waals surface area contributed by atoms with Gasteiger partial charge < -0.3 is 11.1 Å². The van der Waals surface area contributed by atoms with Gasteiger partial charge >= 0.3 is 0 Å².